The number of rotatable bonds is 6. The van der Waals surface area contributed by atoms with Crippen LogP contribution in [-0.4, -0.2) is 38.0 Å². The predicted octanol–water partition coefficient (Wildman–Crippen LogP) is 1.60. The predicted molar refractivity (Wildman–Crippen MR) is 81.5 cm³/mol. The quantitative estimate of drug-likeness (QED) is 0.801. The molecule has 1 amide bonds. The fourth-order valence-corrected chi connectivity index (χ4v) is 1.96. The van der Waals surface area contributed by atoms with E-state index in [-0.39, 0.29) is 18.7 Å². The minimum Gasteiger partial charge on any atom is -0.397 e. The molecule has 6 heteroatoms. The Hall–Kier alpha value is -2.73. The van der Waals surface area contributed by atoms with E-state index < -0.39 is 0 Å². The number of nitrogens with two attached hydrogens (primary N) is 1. The molecule has 1 aromatic rings. The molecular weight excluding hydrogens is 266 g/mol. The van der Waals surface area contributed by atoms with Crippen LogP contribution in [0.5, 0.6) is 0 Å². The Balaban J connectivity index is 2.95. The number of nitrogens with zero attached hydrogens (tertiary/aromatic N) is 4. The van der Waals surface area contributed by atoms with Crippen LogP contribution in [0.4, 0.5) is 11.4 Å². The molecule has 2 N–H and O–H groups in total. The maximum absolute atomic E-state index is 12.4. The lowest BCUT2D eigenvalue weighted by Gasteiger charge is -2.21. The molecule has 0 aliphatic rings. The molecule has 1 aromatic carbocycles. The summed E-state index contributed by atoms with van der Waals surface area (Å²) in [6.07, 6.45) is 0.477. The lowest BCUT2D eigenvalue weighted by Crippen LogP contribution is -2.32. The average Bonchev–Trinajstić information content (AvgIpc) is 2.46. The largest absolute Gasteiger partial charge is 0.397 e. The normalized spacial score (nSPS) is 9.52. The lowest BCUT2D eigenvalue weighted by molar-refractivity contribution is 0.0762. The first-order valence-electron chi connectivity index (χ1n) is 6.61. The molecule has 0 spiro atoms. The van der Waals surface area contributed by atoms with Gasteiger partial charge < -0.3 is 15.5 Å². The van der Waals surface area contributed by atoms with Crippen molar-refractivity contribution in [3.63, 3.8) is 0 Å². The van der Waals surface area contributed by atoms with Gasteiger partial charge in [-0.2, -0.15) is 10.5 Å². The molecule has 0 saturated carbocycles. The number of benzene rings is 1. The third kappa shape index (κ3) is 4.39. The molecule has 0 fully saturated rings. The summed E-state index contributed by atoms with van der Waals surface area (Å²) < 4.78 is 0. The van der Waals surface area contributed by atoms with Crippen molar-refractivity contribution in [2.45, 2.75) is 12.8 Å². The Bertz CT molecular complexity index is 565. The monoisotopic (exact) mass is 285 g/mol. The summed E-state index contributed by atoms with van der Waals surface area (Å²) in [5, 5.41) is 17.3. The Labute approximate surface area is 125 Å². The van der Waals surface area contributed by atoms with Gasteiger partial charge in [-0.1, -0.05) is 0 Å². The summed E-state index contributed by atoms with van der Waals surface area (Å²) in [7, 11) is 3.75. The van der Waals surface area contributed by atoms with Gasteiger partial charge in [-0.05, 0) is 18.2 Å². The minimum absolute atomic E-state index is 0.211. The summed E-state index contributed by atoms with van der Waals surface area (Å²) >= 11 is 0. The highest BCUT2D eigenvalue weighted by atomic mass is 16.2. The summed E-state index contributed by atoms with van der Waals surface area (Å²) in [6.45, 7) is 0.624. The van der Waals surface area contributed by atoms with E-state index in [0.29, 0.717) is 24.3 Å². The van der Waals surface area contributed by atoms with E-state index in [2.05, 4.69) is 0 Å². The van der Waals surface area contributed by atoms with Crippen molar-refractivity contribution < 1.29 is 4.79 Å². The molecule has 0 atom stereocenters. The standard InChI is InChI=1S/C15H19N5O/c1-19(2)14-6-5-12(11-13(14)18)15(21)20(9-3-7-16)10-4-8-17/h5-6,11H,3-4,9-10,18H2,1-2H3. The molecule has 0 unspecified atom stereocenters. The molecule has 0 aliphatic heterocycles. The highest BCUT2D eigenvalue weighted by molar-refractivity contribution is 5.96. The van der Waals surface area contributed by atoms with E-state index in [9.17, 15) is 4.79 Å². The van der Waals surface area contributed by atoms with E-state index in [1.807, 2.05) is 31.1 Å². The number of hydrogen-bond acceptors (Lipinski definition) is 5. The van der Waals surface area contributed by atoms with Crippen molar-refractivity contribution in [2.24, 2.45) is 0 Å². The first-order valence-corrected chi connectivity index (χ1v) is 6.61. The lowest BCUT2D eigenvalue weighted by atomic mass is 10.1. The van der Waals surface area contributed by atoms with Crippen LogP contribution in [-0.2, 0) is 0 Å². The van der Waals surface area contributed by atoms with E-state index >= 15 is 0 Å². The van der Waals surface area contributed by atoms with Crippen LogP contribution in [0.25, 0.3) is 0 Å². The highest BCUT2D eigenvalue weighted by Crippen LogP contribution is 2.23. The van der Waals surface area contributed by atoms with Gasteiger partial charge >= 0.3 is 0 Å². The number of anilines is 2. The molecule has 0 bridgehead atoms. The van der Waals surface area contributed by atoms with Gasteiger partial charge in [0, 0.05) is 32.7 Å². The molecule has 6 nitrogen and oxygen atoms in total. The number of carbonyl (C=O) groups excluding carboxylic acids is 1. The van der Waals surface area contributed by atoms with Crippen LogP contribution in [0, 0.1) is 22.7 Å². The summed E-state index contributed by atoms with van der Waals surface area (Å²) in [6, 6.07) is 9.14. The summed E-state index contributed by atoms with van der Waals surface area (Å²) in [4.78, 5) is 15.8. The minimum atomic E-state index is -0.211. The maximum atomic E-state index is 12.4. The van der Waals surface area contributed by atoms with Gasteiger partial charge in [0.25, 0.3) is 5.91 Å². The number of nitriles is 2. The maximum Gasteiger partial charge on any atom is 0.253 e. The fourth-order valence-electron chi connectivity index (χ4n) is 1.96. The van der Waals surface area contributed by atoms with E-state index in [1.165, 1.54) is 4.90 Å². The Morgan fingerprint density at radius 3 is 2.19 bits per heavy atom. The van der Waals surface area contributed by atoms with Gasteiger partial charge in [0.2, 0.25) is 0 Å². The topological polar surface area (TPSA) is 97.1 Å². The first kappa shape index (κ1) is 16.3. The smallest absolute Gasteiger partial charge is 0.253 e. The van der Waals surface area contributed by atoms with Crippen molar-refractivity contribution in [3.8, 4) is 12.1 Å². The van der Waals surface area contributed by atoms with Gasteiger partial charge in [0.05, 0.1) is 36.4 Å². The molecule has 0 saturated heterocycles. The zero-order valence-corrected chi connectivity index (χ0v) is 12.3. The Morgan fingerprint density at radius 1 is 1.19 bits per heavy atom. The number of carbonyl (C=O) groups is 1. The van der Waals surface area contributed by atoms with Gasteiger partial charge in [0.1, 0.15) is 0 Å². The van der Waals surface area contributed by atoms with Gasteiger partial charge in [-0.3, -0.25) is 4.79 Å². The van der Waals surface area contributed by atoms with Crippen molar-refractivity contribution in [3.05, 3.63) is 23.8 Å². The van der Waals surface area contributed by atoms with Crippen LogP contribution in [0.15, 0.2) is 18.2 Å². The molecule has 0 radical (unpaired) electrons. The molecular formula is C15H19N5O. The first-order chi connectivity index (χ1) is 10.0. The fraction of sp³-hybridized carbons (Fsp3) is 0.400. The Kier molecular flexibility index (Phi) is 6.03. The van der Waals surface area contributed by atoms with Crippen LogP contribution in [0.2, 0.25) is 0 Å². The van der Waals surface area contributed by atoms with Crippen LogP contribution in [0.3, 0.4) is 0 Å². The highest BCUT2D eigenvalue weighted by Gasteiger charge is 2.16. The molecule has 110 valence electrons. The summed E-state index contributed by atoms with van der Waals surface area (Å²) in [5.74, 6) is -0.211. The molecule has 1 rings (SSSR count). The second-order valence-electron chi connectivity index (χ2n) is 4.78. The van der Waals surface area contributed by atoms with Crippen LogP contribution in [0.1, 0.15) is 23.2 Å². The van der Waals surface area contributed by atoms with E-state index in [0.717, 1.165) is 5.69 Å². The summed E-state index contributed by atoms with van der Waals surface area (Å²) in [5.41, 5.74) is 7.77. The van der Waals surface area contributed by atoms with E-state index in [4.69, 9.17) is 16.3 Å². The van der Waals surface area contributed by atoms with Crippen molar-refractivity contribution >= 4 is 17.3 Å². The van der Waals surface area contributed by atoms with Crippen LogP contribution < -0.4 is 10.6 Å². The molecule has 0 aliphatic carbocycles. The third-order valence-electron chi connectivity index (χ3n) is 3.03. The second kappa shape index (κ2) is 7.76. The molecule has 0 heterocycles. The van der Waals surface area contributed by atoms with Crippen molar-refractivity contribution in [2.75, 3.05) is 37.8 Å². The zero-order valence-electron chi connectivity index (χ0n) is 12.3. The van der Waals surface area contributed by atoms with Crippen molar-refractivity contribution in [1.29, 1.82) is 10.5 Å². The van der Waals surface area contributed by atoms with Crippen LogP contribution >= 0.6 is 0 Å². The van der Waals surface area contributed by atoms with Gasteiger partial charge in [-0.25, -0.2) is 0 Å². The second-order valence-corrected chi connectivity index (χ2v) is 4.78. The van der Waals surface area contributed by atoms with Crippen molar-refractivity contribution in [1.82, 2.24) is 4.90 Å². The third-order valence-corrected chi connectivity index (χ3v) is 3.03. The van der Waals surface area contributed by atoms with Gasteiger partial charge in [-0.15, -0.1) is 0 Å². The van der Waals surface area contributed by atoms with E-state index in [1.54, 1.807) is 18.2 Å². The Morgan fingerprint density at radius 2 is 1.76 bits per heavy atom. The number of hydrogen-bond donors (Lipinski definition) is 1. The molecule has 21 heavy (non-hydrogen) atoms. The number of nitrogen functional groups attached to an aromatic ring is 1. The van der Waals surface area contributed by atoms with Gasteiger partial charge in [0.15, 0.2) is 0 Å². The average molecular weight is 285 g/mol. The SMILES string of the molecule is CN(C)c1ccc(C(=O)N(CCC#N)CCC#N)cc1N. The number of amides is 1. The molecule has 0 aromatic heterocycles. The zero-order chi connectivity index (χ0) is 15.8.